The SMILES string of the molecule is BC(B)(F)C(C)(C)CC1COc2cc(C3=C(C)CCC=C3C)nc(n2)NS(=O)(=O)c2cccc(c2)C1C1CC2(CCN(C(=C)C)CC2)C1. The highest BCUT2D eigenvalue weighted by Crippen LogP contribution is 2.59. The minimum absolute atomic E-state index is 0.0137. The van der Waals surface area contributed by atoms with Gasteiger partial charge in [-0.3, -0.25) is 4.39 Å². The summed E-state index contributed by atoms with van der Waals surface area (Å²) in [6.07, 6.45) is 9.01. The van der Waals surface area contributed by atoms with Gasteiger partial charge in [-0.2, -0.15) is 4.98 Å². The number of benzene rings is 1. The minimum Gasteiger partial charge on any atom is -0.477 e. The van der Waals surface area contributed by atoms with Gasteiger partial charge in [0.05, 0.1) is 17.2 Å². The first kappa shape index (κ1) is 34.8. The number of ether oxygens (including phenoxy) is 1. The zero-order valence-corrected chi connectivity index (χ0v) is 30.6. The third-order valence-electron chi connectivity index (χ3n) is 12.1. The predicted octanol–water partition coefficient (Wildman–Crippen LogP) is 6.21. The van der Waals surface area contributed by atoms with E-state index in [4.69, 9.17) is 9.72 Å². The monoisotopic (exact) mass is 672 g/mol. The molecule has 1 aromatic heterocycles. The number of anilines is 1. The molecule has 2 aliphatic heterocycles. The van der Waals surface area contributed by atoms with Crippen LogP contribution in [0.2, 0.25) is 0 Å². The second kappa shape index (κ2) is 12.7. The van der Waals surface area contributed by atoms with Crippen molar-refractivity contribution in [2.45, 2.75) is 95.8 Å². The topological polar surface area (TPSA) is 84.4 Å². The van der Waals surface area contributed by atoms with E-state index in [-0.39, 0.29) is 28.1 Å². The summed E-state index contributed by atoms with van der Waals surface area (Å²) in [5.74, 6) is 0.519. The fraction of sp³-hybridized carbons (Fsp3) is 0.568. The molecule has 6 rings (SSSR count). The van der Waals surface area contributed by atoms with Crippen molar-refractivity contribution in [3.05, 3.63) is 71.1 Å². The van der Waals surface area contributed by atoms with Crippen LogP contribution in [0.25, 0.3) is 5.57 Å². The van der Waals surface area contributed by atoms with Gasteiger partial charge in [-0.25, -0.2) is 18.1 Å². The molecule has 4 bridgehead atoms. The average molecular weight is 673 g/mol. The maximum absolute atomic E-state index is 15.8. The number of fused-ring (bicyclic) bond motifs is 4. The number of nitrogens with zero attached hydrogens (tertiary/aromatic N) is 3. The van der Waals surface area contributed by atoms with Crippen molar-refractivity contribution in [1.82, 2.24) is 14.9 Å². The number of rotatable bonds is 6. The number of alkyl halides is 1. The highest BCUT2D eigenvalue weighted by Gasteiger charge is 2.51. The molecule has 1 aromatic carbocycles. The van der Waals surface area contributed by atoms with Crippen molar-refractivity contribution in [2.24, 2.45) is 22.7 Å². The van der Waals surface area contributed by atoms with Gasteiger partial charge >= 0.3 is 0 Å². The van der Waals surface area contributed by atoms with Crippen molar-refractivity contribution in [1.29, 1.82) is 0 Å². The summed E-state index contributed by atoms with van der Waals surface area (Å²) in [4.78, 5) is 11.8. The lowest BCUT2D eigenvalue weighted by Crippen LogP contribution is -2.50. The molecule has 1 saturated heterocycles. The van der Waals surface area contributed by atoms with Crippen LogP contribution in [0, 0.1) is 22.7 Å². The summed E-state index contributed by atoms with van der Waals surface area (Å²) in [7, 11) is -0.698. The van der Waals surface area contributed by atoms with Gasteiger partial charge in [-0.15, -0.1) is 0 Å². The third kappa shape index (κ3) is 6.86. The van der Waals surface area contributed by atoms with E-state index < -0.39 is 20.9 Å². The van der Waals surface area contributed by atoms with Gasteiger partial charge < -0.3 is 9.64 Å². The molecule has 2 atom stereocenters. The Kier molecular flexibility index (Phi) is 9.18. The van der Waals surface area contributed by atoms with Crippen molar-refractivity contribution in [3.8, 4) is 5.88 Å². The molecule has 3 heterocycles. The van der Waals surface area contributed by atoms with Crippen LogP contribution in [-0.4, -0.2) is 64.1 Å². The lowest BCUT2D eigenvalue weighted by Gasteiger charge is -2.56. The number of likely N-dealkylation sites (tertiary alicyclic amines) is 1. The summed E-state index contributed by atoms with van der Waals surface area (Å²) < 4.78 is 52.9. The first-order chi connectivity index (χ1) is 22.5. The van der Waals surface area contributed by atoms with Crippen LogP contribution >= 0.6 is 0 Å². The van der Waals surface area contributed by atoms with Crippen molar-refractivity contribution >= 4 is 37.2 Å². The molecule has 0 amide bonds. The van der Waals surface area contributed by atoms with Crippen molar-refractivity contribution < 1.29 is 17.5 Å². The van der Waals surface area contributed by atoms with Gasteiger partial charge in [0.2, 0.25) is 11.8 Å². The van der Waals surface area contributed by atoms with E-state index in [2.05, 4.69) is 48.0 Å². The fourth-order valence-corrected chi connectivity index (χ4v) is 9.62. The van der Waals surface area contributed by atoms with E-state index in [0.29, 0.717) is 30.5 Å². The van der Waals surface area contributed by atoms with Crippen LogP contribution in [-0.2, 0) is 10.0 Å². The van der Waals surface area contributed by atoms with Gasteiger partial charge in [0, 0.05) is 41.8 Å². The van der Waals surface area contributed by atoms with Crippen LogP contribution < -0.4 is 9.46 Å². The maximum atomic E-state index is 15.8. The van der Waals surface area contributed by atoms with E-state index in [1.54, 1.807) is 21.8 Å². The smallest absolute Gasteiger partial charge is 0.264 e. The van der Waals surface area contributed by atoms with Gasteiger partial charge in [-0.1, -0.05) is 44.2 Å². The molecule has 2 unspecified atom stereocenters. The maximum Gasteiger partial charge on any atom is 0.264 e. The van der Waals surface area contributed by atoms with Gasteiger partial charge in [0.1, 0.15) is 15.7 Å². The Morgan fingerprint density at radius 1 is 1.17 bits per heavy atom. The Bertz CT molecular complexity index is 1750. The van der Waals surface area contributed by atoms with E-state index in [1.807, 2.05) is 38.1 Å². The largest absolute Gasteiger partial charge is 0.477 e. The molecular weight excluding hydrogens is 621 g/mol. The summed E-state index contributed by atoms with van der Waals surface area (Å²) in [6, 6.07) is 9.16. The molecule has 1 spiro atoms. The fourth-order valence-electron chi connectivity index (χ4n) is 8.62. The first-order valence-electron chi connectivity index (χ1n) is 17.6. The van der Waals surface area contributed by atoms with Crippen molar-refractivity contribution in [3.63, 3.8) is 0 Å². The number of allylic oxidation sites excluding steroid dienone is 5. The van der Waals surface area contributed by atoms with Gasteiger partial charge in [0.25, 0.3) is 10.0 Å². The Labute approximate surface area is 288 Å². The summed E-state index contributed by atoms with van der Waals surface area (Å²) >= 11 is 0. The van der Waals surface area contributed by atoms with E-state index >= 15 is 4.39 Å². The summed E-state index contributed by atoms with van der Waals surface area (Å²) in [5, 5.41) is 0. The third-order valence-corrected chi connectivity index (χ3v) is 13.5. The van der Waals surface area contributed by atoms with E-state index in [1.165, 1.54) is 5.57 Å². The molecule has 2 fully saturated rings. The number of piperidine rings is 1. The zero-order chi connectivity index (χ0) is 34.6. The predicted molar refractivity (Wildman–Crippen MR) is 197 cm³/mol. The molecule has 1 saturated carbocycles. The number of aromatic nitrogens is 2. The lowest BCUT2D eigenvalue weighted by molar-refractivity contribution is -0.0348. The molecule has 48 heavy (non-hydrogen) atoms. The number of sulfonamides is 1. The normalized spacial score (nSPS) is 24.4. The molecule has 7 nitrogen and oxygen atoms in total. The second-order valence-corrected chi connectivity index (χ2v) is 17.9. The van der Waals surface area contributed by atoms with Crippen LogP contribution in [0.5, 0.6) is 5.88 Å². The van der Waals surface area contributed by atoms with Crippen LogP contribution in [0.4, 0.5) is 10.3 Å². The highest BCUT2D eigenvalue weighted by molar-refractivity contribution is 7.92. The van der Waals surface area contributed by atoms with E-state index in [0.717, 1.165) is 74.0 Å². The Balaban J connectivity index is 1.43. The second-order valence-electron chi connectivity index (χ2n) is 16.2. The summed E-state index contributed by atoms with van der Waals surface area (Å²) in [5.41, 5.74) is 4.19. The number of hydrogen-bond donors (Lipinski definition) is 1. The summed E-state index contributed by atoms with van der Waals surface area (Å²) in [6.45, 7) is 16.7. The number of nitrogens with one attached hydrogen (secondary N) is 1. The molecule has 4 aliphatic rings. The quantitative estimate of drug-likeness (QED) is 0.368. The molecule has 1 N–H and O–H groups in total. The molecule has 256 valence electrons. The number of hydrogen-bond acceptors (Lipinski definition) is 6. The Hall–Kier alpha value is -3.07. The minimum atomic E-state index is -4.01. The average Bonchev–Trinajstić information content (AvgIpc) is 2.98. The molecule has 0 radical (unpaired) electrons. The van der Waals surface area contributed by atoms with Gasteiger partial charge in [-0.05, 0) is 112 Å². The van der Waals surface area contributed by atoms with Crippen LogP contribution in [0.3, 0.4) is 0 Å². The zero-order valence-electron chi connectivity index (χ0n) is 29.8. The van der Waals surface area contributed by atoms with Crippen molar-refractivity contribution in [2.75, 3.05) is 24.4 Å². The Morgan fingerprint density at radius 3 is 2.52 bits per heavy atom. The van der Waals surface area contributed by atoms with Gasteiger partial charge in [0.15, 0.2) is 0 Å². The standard InChI is InChI=1S/C37H51B2FN4O3S/c1-23(2)44-15-13-36(14-16-44)20-27(21-36)33-26-11-8-12-29(17-26)48(45,46)43-34-41-30(32-24(3)9-7-10-25(32)4)18-31(42-34)47-22-28(33)19-35(5,6)37(38,39)40/h8-9,11-12,17-18,27-28,33H,1,7,10,13-16,19-22,38-39H2,2-6H3,(H,41,42,43). The molecule has 2 aromatic rings. The lowest BCUT2D eigenvalue weighted by atomic mass is 9.48. The van der Waals surface area contributed by atoms with Crippen LogP contribution in [0.15, 0.2) is 64.7 Å². The number of halogens is 1. The Morgan fingerprint density at radius 2 is 1.88 bits per heavy atom. The highest BCUT2D eigenvalue weighted by atomic mass is 32.2. The first-order valence-corrected chi connectivity index (χ1v) is 19.1. The van der Waals surface area contributed by atoms with E-state index in [9.17, 15) is 8.42 Å². The van der Waals surface area contributed by atoms with Crippen LogP contribution in [0.1, 0.15) is 96.7 Å². The molecule has 11 heteroatoms. The molecule has 2 aliphatic carbocycles. The molecular formula is C37H51B2FN4O3S.